The lowest BCUT2D eigenvalue weighted by molar-refractivity contribution is -0.999. The Balaban J connectivity index is 1.74. The van der Waals surface area contributed by atoms with Gasteiger partial charge in [0.15, 0.2) is 6.04 Å². The number of nitrogens with one attached hydrogen (secondary N) is 2. The number of carbonyl (C=O) groups is 1. The first kappa shape index (κ1) is 20.0. The van der Waals surface area contributed by atoms with E-state index in [1.807, 2.05) is 29.6 Å². The molecule has 7 heteroatoms. The third-order valence-electron chi connectivity index (χ3n) is 5.76. The van der Waals surface area contributed by atoms with Crippen LogP contribution in [0.2, 0.25) is 5.02 Å². The van der Waals surface area contributed by atoms with Gasteiger partial charge in [-0.2, -0.15) is 0 Å². The van der Waals surface area contributed by atoms with E-state index in [1.165, 1.54) is 26.7 Å². The van der Waals surface area contributed by atoms with E-state index in [4.69, 9.17) is 21.1 Å². The lowest BCUT2D eigenvalue weighted by Gasteiger charge is -2.39. The fourth-order valence-electron chi connectivity index (χ4n) is 4.37. The van der Waals surface area contributed by atoms with E-state index < -0.39 is 0 Å². The standard InChI is InChI=1S/C21H25ClN2O3S/c22-17-5-3-16(4-6-17)19(23-7-11-26-12-8-23)20(24-9-13-27-14-10-24)21(25)18-2-1-15-28-18/h1-6,15,19-20H,7-14H2/p+2/t19-,20-/m0/s1. The Morgan fingerprint density at radius 1 is 0.929 bits per heavy atom. The molecular formula is C21H27ClN2O3S+2. The maximum atomic E-state index is 13.7. The zero-order chi connectivity index (χ0) is 19.3. The molecule has 1 aromatic carbocycles. The lowest BCUT2D eigenvalue weighted by Crippen LogP contribution is -3.25. The number of benzene rings is 1. The number of hydrogen-bond acceptors (Lipinski definition) is 4. The maximum Gasteiger partial charge on any atom is 0.236 e. The van der Waals surface area contributed by atoms with Gasteiger partial charge in [-0.25, -0.2) is 0 Å². The molecule has 0 spiro atoms. The molecule has 2 aliphatic heterocycles. The van der Waals surface area contributed by atoms with Crippen LogP contribution in [0.15, 0.2) is 41.8 Å². The van der Waals surface area contributed by atoms with E-state index >= 15 is 0 Å². The van der Waals surface area contributed by atoms with Gasteiger partial charge in [-0.05, 0) is 23.6 Å². The second-order valence-electron chi connectivity index (χ2n) is 7.39. The zero-order valence-corrected chi connectivity index (χ0v) is 17.4. The van der Waals surface area contributed by atoms with Crippen molar-refractivity contribution >= 4 is 28.7 Å². The smallest absolute Gasteiger partial charge is 0.236 e. The SMILES string of the molecule is O=C(c1cccs1)[C@H]([C@H](c1ccc(Cl)cc1)[NH+]1CCOCC1)[NH+]1CCOCC1. The minimum atomic E-state index is -0.142. The van der Waals surface area contributed by atoms with Crippen LogP contribution in [0.4, 0.5) is 0 Å². The van der Waals surface area contributed by atoms with Gasteiger partial charge in [0.25, 0.3) is 0 Å². The molecule has 2 N–H and O–H groups in total. The average Bonchev–Trinajstić information content (AvgIpc) is 3.29. The van der Waals surface area contributed by atoms with Crippen molar-refractivity contribution in [2.24, 2.45) is 0 Å². The fraction of sp³-hybridized carbons (Fsp3) is 0.476. The summed E-state index contributed by atoms with van der Waals surface area (Å²) in [5.74, 6) is 0.242. The summed E-state index contributed by atoms with van der Waals surface area (Å²) in [5, 5.41) is 2.71. The molecule has 2 aromatic rings. The van der Waals surface area contributed by atoms with Gasteiger partial charge in [0.1, 0.15) is 26.2 Å². The normalized spacial score (nSPS) is 21.3. The van der Waals surface area contributed by atoms with Gasteiger partial charge in [-0.15, -0.1) is 11.3 Å². The maximum absolute atomic E-state index is 13.7. The van der Waals surface area contributed by atoms with Crippen LogP contribution in [0.5, 0.6) is 0 Å². The molecule has 0 saturated carbocycles. The predicted octanol–water partition coefficient (Wildman–Crippen LogP) is 0.524. The first-order valence-corrected chi connectivity index (χ1v) is 11.2. The van der Waals surface area contributed by atoms with Gasteiger partial charge in [0.2, 0.25) is 11.8 Å². The Labute approximate surface area is 174 Å². The Hall–Kier alpha value is -1.28. The summed E-state index contributed by atoms with van der Waals surface area (Å²) in [6, 6.07) is 11.9. The number of ether oxygens (including phenoxy) is 2. The molecule has 28 heavy (non-hydrogen) atoms. The highest BCUT2D eigenvalue weighted by atomic mass is 35.5. The van der Waals surface area contributed by atoms with Crippen LogP contribution >= 0.6 is 22.9 Å². The van der Waals surface area contributed by atoms with Crippen LogP contribution in [-0.2, 0) is 9.47 Å². The highest BCUT2D eigenvalue weighted by Gasteiger charge is 2.46. The molecule has 0 unspecified atom stereocenters. The van der Waals surface area contributed by atoms with Crippen LogP contribution < -0.4 is 9.80 Å². The van der Waals surface area contributed by atoms with Crippen LogP contribution in [0, 0.1) is 0 Å². The number of quaternary nitrogens is 2. The van der Waals surface area contributed by atoms with E-state index in [0.29, 0.717) is 13.2 Å². The van der Waals surface area contributed by atoms with E-state index in [1.54, 1.807) is 0 Å². The molecule has 150 valence electrons. The summed E-state index contributed by atoms with van der Waals surface area (Å²) in [5.41, 5.74) is 1.18. The van der Waals surface area contributed by atoms with Crippen molar-refractivity contribution in [1.82, 2.24) is 0 Å². The summed E-state index contributed by atoms with van der Waals surface area (Å²) in [4.78, 5) is 17.3. The van der Waals surface area contributed by atoms with Gasteiger partial charge in [0.05, 0.1) is 31.3 Å². The zero-order valence-electron chi connectivity index (χ0n) is 15.9. The topological polar surface area (TPSA) is 44.4 Å². The Kier molecular flexibility index (Phi) is 6.77. The third-order valence-corrected chi connectivity index (χ3v) is 6.90. The number of carbonyl (C=O) groups excluding carboxylic acids is 1. The predicted molar refractivity (Wildman–Crippen MR) is 110 cm³/mol. The van der Waals surface area contributed by atoms with Crippen molar-refractivity contribution in [1.29, 1.82) is 0 Å². The van der Waals surface area contributed by atoms with Gasteiger partial charge in [-0.3, -0.25) is 4.79 Å². The van der Waals surface area contributed by atoms with Crippen molar-refractivity contribution < 1.29 is 24.1 Å². The van der Waals surface area contributed by atoms with Crippen LogP contribution in [-0.4, -0.2) is 64.4 Å². The summed E-state index contributed by atoms with van der Waals surface area (Å²) < 4.78 is 11.2. The molecular weight excluding hydrogens is 396 g/mol. The third kappa shape index (κ3) is 4.48. The average molecular weight is 423 g/mol. The highest BCUT2D eigenvalue weighted by molar-refractivity contribution is 7.12. The molecule has 0 radical (unpaired) electrons. The molecule has 0 aliphatic carbocycles. The van der Waals surface area contributed by atoms with Crippen LogP contribution in [0.25, 0.3) is 0 Å². The summed E-state index contributed by atoms with van der Waals surface area (Å²) in [7, 11) is 0. The second kappa shape index (κ2) is 9.48. The number of thiophene rings is 1. The molecule has 2 fully saturated rings. The van der Waals surface area contributed by atoms with Gasteiger partial charge < -0.3 is 19.3 Å². The lowest BCUT2D eigenvalue weighted by atomic mass is 9.91. The van der Waals surface area contributed by atoms with E-state index in [-0.39, 0.29) is 17.9 Å². The van der Waals surface area contributed by atoms with Gasteiger partial charge in [0, 0.05) is 10.6 Å². The minimum Gasteiger partial charge on any atom is -0.370 e. The molecule has 0 bridgehead atoms. The molecule has 0 amide bonds. The summed E-state index contributed by atoms with van der Waals surface area (Å²) in [6.07, 6.45) is 0. The van der Waals surface area contributed by atoms with E-state index in [2.05, 4.69) is 12.1 Å². The largest absolute Gasteiger partial charge is 0.370 e. The molecule has 2 atom stereocenters. The molecule has 2 saturated heterocycles. The van der Waals surface area contributed by atoms with E-state index in [0.717, 1.165) is 49.3 Å². The number of ketones is 1. The summed E-state index contributed by atoms with van der Waals surface area (Å²) >= 11 is 7.70. The number of halogens is 1. The first-order chi connectivity index (χ1) is 13.7. The van der Waals surface area contributed by atoms with Crippen molar-refractivity contribution in [3.8, 4) is 0 Å². The Morgan fingerprint density at radius 2 is 1.54 bits per heavy atom. The highest BCUT2D eigenvalue weighted by Crippen LogP contribution is 2.21. The van der Waals surface area contributed by atoms with Crippen molar-refractivity contribution in [3.63, 3.8) is 0 Å². The van der Waals surface area contributed by atoms with Crippen molar-refractivity contribution in [2.75, 3.05) is 52.6 Å². The van der Waals surface area contributed by atoms with Crippen LogP contribution in [0.1, 0.15) is 21.3 Å². The summed E-state index contributed by atoms with van der Waals surface area (Å²) in [6.45, 7) is 6.40. The Morgan fingerprint density at radius 3 is 2.11 bits per heavy atom. The molecule has 5 nitrogen and oxygen atoms in total. The van der Waals surface area contributed by atoms with Gasteiger partial charge in [-0.1, -0.05) is 29.8 Å². The molecule has 1 aromatic heterocycles. The quantitative estimate of drug-likeness (QED) is 0.667. The minimum absolute atomic E-state index is 0.0730. The van der Waals surface area contributed by atoms with Crippen molar-refractivity contribution in [2.45, 2.75) is 12.1 Å². The molecule has 2 aliphatic rings. The number of morpholine rings is 2. The van der Waals surface area contributed by atoms with E-state index in [9.17, 15) is 4.79 Å². The van der Waals surface area contributed by atoms with Crippen molar-refractivity contribution in [3.05, 3.63) is 57.2 Å². The number of Topliss-reactive ketones (excluding diaryl/α,β-unsaturated/α-hetero) is 1. The number of hydrogen-bond donors (Lipinski definition) is 2. The Bertz CT molecular complexity index is 756. The van der Waals surface area contributed by atoms with Crippen LogP contribution in [0.3, 0.4) is 0 Å². The van der Waals surface area contributed by atoms with Gasteiger partial charge >= 0.3 is 0 Å². The fourth-order valence-corrected chi connectivity index (χ4v) is 5.20. The molecule has 4 rings (SSSR count). The first-order valence-electron chi connectivity index (χ1n) is 9.92. The monoisotopic (exact) mass is 422 g/mol. The number of rotatable bonds is 6. The molecule has 3 heterocycles. The second-order valence-corrected chi connectivity index (χ2v) is 8.77.